The van der Waals surface area contributed by atoms with Crippen LogP contribution in [-0.2, 0) is 4.79 Å². The fraction of sp³-hybridized carbons (Fsp3) is 0.0385. The largest absolute Gasteiger partial charge is 0.321 e. The fourth-order valence-corrected chi connectivity index (χ4v) is 3.77. The van der Waals surface area contributed by atoms with E-state index in [-0.39, 0.29) is 11.6 Å². The molecule has 164 valence electrons. The number of aromatic nitrogens is 1. The van der Waals surface area contributed by atoms with Gasteiger partial charge in [-0.2, -0.15) is 0 Å². The predicted molar refractivity (Wildman–Crippen MR) is 138 cm³/mol. The zero-order valence-corrected chi connectivity index (χ0v) is 19.9. The lowest BCUT2D eigenvalue weighted by molar-refractivity contribution is -0.113. The summed E-state index contributed by atoms with van der Waals surface area (Å²) in [7, 11) is 0. The van der Waals surface area contributed by atoms with Gasteiger partial charge in [-0.05, 0) is 71.1 Å². The molecule has 7 heteroatoms. The Labute approximate surface area is 204 Å². The molecule has 0 aliphatic carbocycles. The number of carbonyl (C=O) groups excluding carboxylic acids is 3. The zero-order valence-electron chi connectivity index (χ0n) is 17.7. The maximum absolute atomic E-state index is 13.2. The Kier molecular flexibility index (Phi) is 6.69. The summed E-state index contributed by atoms with van der Waals surface area (Å²) >= 11 is 2.19. The number of nitrogens with zero attached hydrogens (tertiary/aromatic N) is 1. The van der Waals surface area contributed by atoms with Crippen LogP contribution in [0.25, 0.3) is 17.0 Å². The van der Waals surface area contributed by atoms with Crippen LogP contribution in [0.4, 0.5) is 5.69 Å². The quantitative estimate of drug-likeness (QED) is 0.262. The van der Waals surface area contributed by atoms with Gasteiger partial charge in [-0.25, -0.2) is 0 Å². The van der Waals surface area contributed by atoms with Gasteiger partial charge >= 0.3 is 0 Å². The number of halogens is 1. The molecule has 1 aromatic heterocycles. The van der Waals surface area contributed by atoms with Crippen LogP contribution in [0.15, 0.2) is 90.8 Å². The minimum atomic E-state index is -0.472. The van der Waals surface area contributed by atoms with Crippen LogP contribution in [0, 0.1) is 3.57 Å². The molecule has 0 unspecified atom stereocenters. The molecule has 4 rings (SSSR count). The summed E-state index contributed by atoms with van der Waals surface area (Å²) in [5.41, 5.74) is 2.46. The number of fused-ring (bicyclic) bond motifs is 1. The highest BCUT2D eigenvalue weighted by Crippen LogP contribution is 2.24. The molecule has 0 fully saturated rings. The van der Waals surface area contributed by atoms with Crippen LogP contribution in [0.5, 0.6) is 0 Å². The van der Waals surface area contributed by atoms with Crippen LogP contribution in [0.3, 0.4) is 0 Å². The lowest BCUT2D eigenvalue weighted by atomic mass is 10.1. The maximum atomic E-state index is 13.2. The molecule has 0 saturated carbocycles. The van der Waals surface area contributed by atoms with Crippen molar-refractivity contribution in [1.82, 2.24) is 9.88 Å². The molecule has 0 radical (unpaired) electrons. The average Bonchev–Trinajstić information content (AvgIpc) is 3.19. The Morgan fingerprint density at radius 3 is 2.24 bits per heavy atom. The monoisotopic (exact) mass is 549 g/mol. The Hall–Kier alpha value is -3.72. The number of hydrogen-bond donors (Lipinski definition) is 2. The number of amides is 2. The first kappa shape index (κ1) is 22.5. The van der Waals surface area contributed by atoms with Crippen LogP contribution in [-0.4, -0.2) is 22.3 Å². The van der Waals surface area contributed by atoms with E-state index >= 15 is 0 Å². The van der Waals surface area contributed by atoms with Crippen molar-refractivity contribution in [3.05, 3.63) is 105 Å². The van der Waals surface area contributed by atoms with E-state index in [1.54, 1.807) is 48.7 Å². The smallest absolute Gasteiger partial charge is 0.272 e. The van der Waals surface area contributed by atoms with Gasteiger partial charge in [-0.3, -0.25) is 19.0 Å². The lowest BCUT2D eigenvalue weighted by Crippen LogP contribution is -2.30. The molecule has 0 saturated heterocycles. The molecule has 0 aliphatic rings. The molecule has 1 heterocycles. The van der Waals surface area contributed by atoms with Crippen LogP contribution >= 0.6 is 22.6 Å². The van der Waals surface area contributed by atoms with E-state index in [1.807, 2.05) is 42.5 Å². The highest BCUT2D eigenvalue weighted by Gasteiger charge is 2.17. The van der Waals surface area contributed by atoms with E-state index in [2.05, 4.69) is 33.2 Å². The number of para-hydroxylation sites is 1. The molecule has 0 atom stereocenters. The predicted octanol–water partition coefficient (Wildman–Crippen LogP) is 5.32. The van der Waals surface area contributed by atoms with Crippen molar-refractivity contribution in [3.63, 3.8) is 0 Å². The molecular weight excluding hydrogens is 529 g/mol. The summed E-state index contributed by atoms with van der Waals surface area (Å²) in [6.07, 6.45) is 3.25. The van der Waals surface area contributed by atoms with Gasteiger partial charge in [0.1, 0.15) is 5.70 Å². The van der Waals surface area contributed by atoms with Crippen LogP contribution in [0.1, 0.15) is 27.6 Å². The van der Waals surface area contributed by atoms with Gasteiger partial charge in [0, 0.05) is 38.9 Å². The minimum absolute atomic E-state index is 0.0638. The van der Waals surface area contributed by atoms with E-state index in [1.165, 1.54) is 11.5 Å². The Bertz CT molecular complexity index is 1370. The maximum Gasteiger partial charge on any atom is 0.272 e. The summed E-state index contributed by atoms with van der Waals surface area (Å²) < 4.78 is 2.56. The SMILES string of the molecule is CC(=O)n1cc(/C=C(\NC(=O)c2ccccc2)C(=O)Nc2ccc(I)cc2)c2ccccc21. The van der Waals surface area contributed by atoms with E-state index < -0.39 is 11.8 Å². The van der Waals surface area contributed by atoms with Crippen molar-refractivity contribution in [1.29, 1.82) is 0 Å². The summed E-state index contributed by atoms with van der Waals surface area (Å²) in [6, 6.07) is 23.4. The second-order valence-corrected chi connectivity index (χ2v) is 8.58. The van der Waals surface area contributed by atoms with Crippen molar-refractivity contribution in [2.45, 2.75) is 6.92 Å². The van der Waals surface area contributed by atoms with Crippen molar-refractivity contribution < 1.29 is 14.4 Å². The molecule has 33 heavy (non-hydrogen) atoms. The molecule has 2 N–H and O–H groups in total. The van der Waals surface area contributed by atoms with Gasteiger partial charge in [-0.15, -0.1) is 0 Å². The zero-order chi connectivity index (χ0) is 23.4. The van der Waals surface area contributed by atoms with Crippen LogP contribution < -0.4 is 10.6 Å². The number of nitrogens with one attached hydrogen (secondary N) is 2. The molecule has 3 aromatic carbocycles. The Balaban J connectivity index is 1.75. The van der Waals surface area contributed by atoms with Crippen molar-refractivity contribution in [3.8, 4) is 0 Å². The third-order valence-electron chi connectivity index (χ3n) is 5.01. The summed E-state index contributed by atoms with van der Waals surface area (Å²) in [5.74, 6) is -1.03. The number of anilines is 1. The number of benzene rings is 3. The number of carbonyl (C=O) groups is 3. The Morgan fingerprint density at radius 2 is 1.55 bits per heavy atom. The first-order valence-electron chi connectivity index (χ1n) is 10.2. The Morgan fingerprint density at radius 1 is 0.879 bits per heavy atom. The topological polar surface area (TPSA) is 80.2 Å². The first-order valence-corrected chi connectivity index (χ1v) is 11.3. The van der Waals surface area contributed by atoms with Gasteiger partial charge in [-0.1, -0.05) is 36.4 Å². The first-order chi connectivity index (χ1) is 15.9. The van der Waals surface area contributed by atoms with Crippen molar-refractivity contribution >= 4 is 63.0 Å². The van der Waals surface area contributed by atoms with E-state index in [0.29, 0.717) is 16.8 Å². The molecule has 0 aliphatic heterocycles. The number of hydrogen-bond acceptors (Lipinski definition) is 3. The normalized spacial score (nSPS) is 11.3. The third-order valence-corrected chi connectivity index (χ3v) is 5.73. The van der Waals surface area contributed by atoms with E-state index in [0.717, 1.165) is 14.5 Å². The summed E-state index contributed by atoms with van der Waals surface area (Å²) in [6.45, 7) is 1.47. The number of rotatable bonds is 5. The molecular formula is C26H20IN3O3. The molecule has 6 nitrogen and oxygen atoms in total. The van der Waals surface area contributed by atoms with Gasteiger partial charge in [0.15, 0.2) is 0 Å². The van der Waals surface area contributed by atoms with Gasteiger partial charge in [0.2, 0.25) is 5.91 Å². The van der Waals surface area contributed by atoms with Crippen molar-refractivity contribution in [2.75, 3.05) is 5.32 Å². The standard InChI is InChI=1S/C26H20IN3O3/c1-17(31)30-16-19(22-9-5-6-10-24(22)30)15-23(29-25(32)18-7-3-2-4-8-18)26(33)28-21-13-11-20(27)12-14-21/h2-16H,1H3,(H,28,33)(H,29,32)/b23-15-. The second kappa shape index (κ2) is 9.83. The van der Waals surface area contributed by atoms with Gasteiger partial charge in [0.25, 0.3) is 11.8 Å². The minimum Gasteiger partial charge on any atom is -0.321 e. The van der Waals surface area contributed by atoms with E-state index in [9.17, 15) is 14.4 Å². The van der Waals surface area contributed by atoms with Crippen molar-refractivity contribution in [2.24, 2.45) is 0 Å². The van der Waals surface area contributed by atoms with Gasteiger partial charge < -0.3 is 10.6 Å². The third kappa shape index (κ3) is 5.20. The van der Waals surface area contributed by atoms with Gasteiger partial charge in [0.05, 0.1) is 5.52 Å². The van der Waals surface area contributed by atoms with E-state index in [4.69, 9.17) is 0 Å². The average molecular weight is 549 g/mol. The van der Waals surface area contributed by atoms with Crippen LogP contribution in [0.2, 0.25) is 0 Å². The molecule has 0 spiro atoms. The fourth-order valence-electron chi connectivity index (χ4n) is 3.41. The summed E-state index contributed by atoms with van der Waals surface area (Å²) in [4.78, 5) is 38.1. The second-order valence-electron chi connectivity index (χ2n) is 7.33. The summed E-state index contributed by atoms with van der Waals surface area (Å²) in [5, 5.41) is 6.35. The molecule has 4 aromatic rings. The lowest BCUT2D eigenvalue weighted by Gasteiger charge is -2.11. The highest BCUT2D eigenvalue weighted by molar-refractivity contribution is 14.1. The molecule has 2 amide bonds. The molecule has 0 bridgehead atoms. The highest BCUT2D eigenvalue weighted by atomic mass is 127.